The van der Waals surface area contributed by atoms with Gasteiger partial charge < -0.3 is 10.6 Å². The maximum absolute atomic E-state index is 14.4. The molecule has 1 aliphatic heterocycles. The number of aromatic nitrogens is 6. The minimum absolute atomic E-state index is 0.155. The fourth-order valence-electron chi connectivity index (χ4n) is 4.51. The van der Waals surface area contributed by atoms with Gasteiger partial charge in [0, 0.05) is 30.7 Å². The van der Waals surface area contributed by atoms with E-state index in [9.17, 15) is 9.18 Å². The van der Waals surface area contributed by atoms with Crippen molar-refractivity contribution in [3.05, 3.63) is 89.6 Å². The summed E-state index contributed by atoms with van der Waals surface area (Å²) in [5.74, 6) is 0.848. The van der Waals surface area contributed by atoms with Gasteiger partial charge in [0.15, 0.2) is 11.5 Å². The van der Waals surface area contributed by atoms with Crippen molar-refractivity contribution >= 4 is 28.6 Å². The van der Waals surface area contributed by atoms with Crippen molar-refractivity contribution in [2.24, 2.45) is 0 Å². The van der Waals surface area contributed by atoms with Crippen LogP contribution in [0.5, 0.6) is 0 Å². The number of nitrogens with zero attached hydrogens (tertiary/aromatic N) is 6. The van der Waals surface area contributed by atoms with Crippen molar-refractivity contribution in [3.8, 4) is 11.5 Å². The monoisotopic (exact) mass is 494 g/mol. The Hall–Kier alpha value is -4.73. The third kappa shape index (κ3) is 3.96. The molecular formula is C27H23FN8O. The number of benzene rings is 1. The highest BCUT2D eigenvalue weighted by atomic mass is 19.1. The van der Waals surface area contributed by atoms with Gasteiger partial charge in [0.1, 0.15) is 23.1 Å². The van der Waals surface area contributed by atoms with Crippen molar-refractivity contribution in [3.63, 3.8) is 0 Å². The van der Waals surface area contributed by atoms with Crippen LogP contribution in [-0.2, 0) is 23.3 Å². The number of pyridine rings is 2. The first kappa shape index (κ1) is 22.7. The summed E-state index contributed by atoms with van der Waals surface area (Å²) in [7, 11) is 0. The second-order valence-corrected chi connectivity index (χ2v) is 9.38. The minimum Gasteiger partial charge on any atom is -0.366 e. The Bertz CT molecular complexity index is 1650. The van der Waals surface area contributed by atoms with Crippen LogP contribution < -0.4 is 10.6 Å². The summed E-state index contributed by atoms with van der Waals surface area (Å²) in [6.45, 7) is 4.37. The molecule has 0 bridgehead atoms. The third-order valence-corrected chi connectivity index (χ3v) is 6.54. The first-order valence-corrected chi connectivity index (χ1v) is 11.8. The van der Waals surface area contributed by atoms with Crippen LogP contribution in [0.3, 0.4) is 0 Å². The molecule has 0 saturated heterocycles. The molecule has 184 valence electrons. The molecule has 0 fully saturated rings. The molecular weight excluding hydrogens is 471 g/mol. The molecule has 9 nitrogen and oxygen atoms in total. The van der Waals surface area contributed by atoms with Crippen LogP contribution in [0.15, 0.2) is 67.1 Å². The maximum atomic E-state index is 14.4. The molecule has 4 aromatic heterocycles. The lowest BCUT2D eigenvalue weighted by Crippen LogP contribution is -2.27. The van der Waals surface area contributed by atoms with E-state index >= 15 is 0 Å². The van der Waals surface area contributed by atoms with Gasteiger partial charge in [0.25, 0.3) is 0 Å². The molecule has 1 aromatic carbocycles. The predicted molar refractivity (Wildman–Crippen MR) is 137 cm³/mol. The molecule has 6 rings (SSSR count). The van der Waals surface area contributed by atoms with Crippen LogP contribution in [0.2, 0.25) is 0 Å². The Morgan fingerprint density at radius 3 is 2.65 bits per heavy atom. The molecule has 5 aromatic rings. The Balaban J connectivity index is 1.47. The van der Waals surface area contributed by atoms with Gasteiger partial charge in [-0.2, -0.15) is 5.10 Å². The second kappa shape index (κ2) is 8.74. The van der Waals surface area contributed by atoms with Crippen molar-refractivity contribution in [1.29, 1.82) is 0 Å². The molecule has 0 atom stereocenters. The molecule has 37 heavy (non-hydrogen) atoms. The highest BCUT2D eigenvalue weighted by molar-refractivity contribution is 6.06. The van der Waals surface area contributed by atoms with Gasteiger partial charge in [0.05, 0.1) is 22.9 Å². The normalized spacial score (nSPS) is 14.0. The third-order valence-electron chi connectivity index (χ3n) is 6.54. The first-order valence-electron chi connectivity index (χ1n) is 11.8. The zero-order valence-corrected chi connectivity index (χ0v) is 20.2. The SMILES string of the molecule is CC1(C)C(=O)Nc2nc(-c3nn(Cc4ccccc4F)c4ncccc34)nc(NCc3ccncc3)c21. The van der Waals surface area contributed by atoms with Gasteiger partial charge in [-0.1, -0.05) is 18.2 Å². The molecule has 0 spiro atoms. The van der Waals surface area contributed by atoms with Gasteiger partial charge in [-0.05, 0) is 49.7 Å². The highest BCUT2D eigenvalue weighted by Crippen LogP contribution is 2.42. The topological polar surface area (TPSA) is 111 Å². The number of fused-ring (bicyclic) bond motifs is 2. The molecule has 0 aliphatic carbocycles. The quantitative estimate of drug-likeness (QED) is 0.362. The summed E-state index contributed by atoms with van der Waals surface area (Å²) in [4.78, 5) is 30.9. The van der Waals surface area contributed by atoms with E-state index in [1.54, 1.807) is 41.5 Å². The number of nitrogens with one attached hydrogen (secondary N) is 2. The Morgan fingerprint density at radius 2 is 1.84 bits per heavy atom. The summed E-state index contributed by atoms with van der Waals surface area (Å²) in [5.41, 5.74) is 2.47. The molecule has 0 unspecified atom stereocenters. The highest BCUT2D eigenvalue weighted by Gasteiger charge is 2.43. The molecule has 1 aliphatic rings. The molecule has 10 heteroatoms. The summed E-state index contributed by atoms with van der Waals surface area (Å²) in [6, 6.07) is 14.1. The Labute approximate surface area is 211 Å². The Kier molecular flexibility index (Phi) is 5.36. The fourth-order valence-corrected chi connectivity index (χ4v) is 4.51. The average Bonchev–Trinajstić information content (AvgIpc) is 3.38. The fraction of sp³-hybridized carbons (Fsp3) is 0.185. The van der Waals surface area contributed by atoms with E-state index in [2.05, 4.69) is 20.6 Å². The maximum Gasteiger partial charge on any atom is 0.235 e. The lowest BCUT2D eigenvalue weighted by molar-refractivity contribution is -0.119. The van der Waals surface area contributed by atoms with Crippen molar-refractivity contribution < 1.29 is 9.18 Å². The lowest BCUT2D eigenvalue weighted by atomic mass is 9.87. The first-order chi connectivity index (χ1) is 17.9. The number of carbonyl (C=O) groups excluding carboxylic acids is 1. The largest absolute Gasteiger partial charge is 0.366 e. The summed E-state index contributed by atoms with van der Waals surface area (Å²) < 4.78 is 16.0. The zero-order valence-electron chi connectivity index (χ0n) is 20.2. The van der Waals surface area contributed by atoms with E-state index in [4.69, 9.17) is 15.1 Å². The number of hydrogen-bond donors (Lipinski definition) is 2. The number of hydrogen-bond acceptors (Lipinski definition) is 7. The zero-order chi connectivity index (χ0) is 25.6. The van der Waals surface area contributed by atoms with Gasteiger partial charge in [-0.3, -0.25) is 9.78 Å². The van der Waals surface area contributed by atoms with Crippen LogP contribution in [0.1, 0.15) is 30.5 Å². The average molecular weight is 495 g/mol. The predicted octanol–water partition coefficient (Wildman–Crippen LogP) is 4.31. The van der Waals surface area contributed by atoms with Crippen LogP contribution >= 0.6 is 0 Å². The van der Waals surface area contributed by atoms with E-state index in [0.29, 0.717) is 46.5 Å². The van der Waals surface area contributed by atoms with Crippen LogP contribution in [0.25, 0.3) is 22.6 Å². The van der Waals surface area contributed by atoms with Crippen molar-refractivity contribution in [1.82, 2.24) is 29.7 Å². The van der Waals surface area contributed by atoms with Gasteiger partial charge in [-0.25, -0.2) is 24.0 Å². The smallest absolute Gasteiger partial charge is 0.235 e. The Morgan fingerprint density at radius 1 is 1.03 bits per heavy atom. The molecule has 1 amide bonds. The molecule has 2 N–H and O–H groups in total. The number of rotatable bonds is 6. The number of anilines is 2. The number of amides is 1. The van der Waals surface area contributed by atoms with Crippen molar-refractivity contribution in [2.45, 2.75) is 32.4 Å². The summed E-state index contributed by atoms with van der Waals surface area (Å²) >= 11 is 0. The molecule has 0 saturated carbocycles. The standard InChI is InChI=1S/C27H23FN8O/c1-27(2)20-22(31-14-16-9-12-29-13-10-16)32-24(33-23(20)34-26(27)37)21-18-7-5-11-30-25(18)36(35-21)15-17-6-3-4-8-19(17)28/h3-13H,14-15H2,1-2H3,(H2,31,32,33,34,37). The molecule has 0 radical (unpaired) electrons. The van der Waals surface area contributed by atoms with Gasteiger partial charge in [-0.15, -0.1) is 0 Å². The van der Waals surface area contributed by atoms with E-state index in [1.807, 2.05) is 38.1 Å². The summed E-state index contributed by atoms with van der Waals surface area (Å²) in [6.07, 6.45) is 5.12. The molecule has 5 heterocycles. The van der Waals surface area contributed by atoms with E-state index < -0.39 is 5.41 Å². The number of carbonyl (C=O) groups is 1. The van der Waals surface area contributed by atoms with Gasteiger partial charge >= 0.3 is 0 Å². The van der Waals surface area contributed by atoms with E-state index in [1.165, 1.54) is 6.07 Å². The minimum atomic E-state index is -0.817. The van der Waals surface area contributed by atoms with Crippen LogP contribution in [-0.4, -0.2) is 35.6 Å². The number of halogens is 1. The van der Waals surface area contributed by atoms with Gasteiger partial charge in [0.2, 0.25) is 5.91 Å². The van der Waals surface area contributed by atoms with Crippen LogP contribution in [0.4, 0.5) is 16.0 Å². The van der Waals surface area contributed by atoms with Crippen molar-refractivity contribution in [2.75, 3.05) is 10.6 Å². The summed E-state index contributed by atoms with van der Waals surface area (Å²) in [5, 5.41) is 11.8. The second-order valence-electron chi connectivity index (χ2n) is 9.38. The van der Waals surface area contributed by atoms with E-state index in [0.717, 1.165) is 10.9 Å². The van der Waals surface area contributed by atoms with Crippen LogP contribution in [0, 0.1) is 5.82 Å². The van der Waals surface area contributed by atoms with E-state index in [-0.39, 0.29) is 18.3 Å². The lowest BCUT2D eigenvalue weighted by Gasteiger charge is -2.19.